The van der Waals surface area contributed by atoms with E-state index in [1.54, 1.807) is 0 Å². The van der Waals surface area contributed by atoms with Crippen LogP contribution in [0.3, 0.4) is 0 Å². The summed E-state index contributed by atoms with van der Waals surface area (Å²) in [4.78, 5) is 1.44. The summed E-state index contributed by atoms with van der Waals surface area (Å²) in [7, 11) is -3.40. The van der Waals surface area contributed by atoms with Crippen LogP contribution in [0.25, 0.3) is 0 Å². The van der Waals surface area contributed by atoms with Crippen molar-refractivity contribution in [1.29, 1.82) is 0 Å². The zero-order valence-electron chi connectivity index (χ0n) is 12.7. The fourth-order valence-corrected chi connectivity index (χ4v) is 6.09. The molecular formula is C15H24N2O2S2. The summed E-state index contributed by atoms with van der Waals surface area (Å²) in [5, 5.41) is 5.18. The van der Waals surface area contributed by atoms with Crippen molar-refractivity contribution < 1.29 is 8.42 Å². The Kier molecular flexibility index (Phi) is 4.41. The first-order chi connectivity index (χ1) is 10.0. The van der Waals surface area contributed by atoms with Crippen molar-refractivity contribution in [1.82, 2.24) is 10.0 Å². The quantitative estimate of drug-likeness (QED) is 0.771. The van der Waals surface area contributed by atoms with E-state index in [-0.39, 0.29) is 6.04 Å². The van der Waals surface area contributed by atoms with Crippen molar-refractivity contribution in [2.45, 2.75) is 57.0 Å². The molecule has 2 aliphatic carbocycles. The van der Waals surface area contributed by atoms with Gasteiger partial charge in [-0.3, -0.25) is 0 Å². The third kappa shape index (κ3) is 3.50. The Balaban J connectivity index is 1.81. The normalized spacial score (nSPS) is 19.4. The lowest BCUT2D eigenvalue weighted by Gasteiger charge is -2.18. The Labute approximate surface area is 131 Å². The van der Waals surface area contributed by atoms with Gasteiger partial charge in [-0.25, -0.2) is 13.1 Å². The summed E-state index contributed by atoms with van der Waals surface area (Å²) in [6.07, 6.45) is 4.71. The van der Waals surface area contributed by atoms with Crippen LogP contribution in [0.4, 0.5) is 0 Å². The van der Waals surface area contributed by atoms with Gasteiger partial charge in [-0.15, -0.1) is 11.3 Å². The van der Waals surface area contributed by atoms with Gasteiger partial charge in [0, 0.05) is 17.5 Å². The van der Waals surface area contributed by atoms with Crippen LogP contribution >= 0.6 is 11.3 Å². The van der Waals surface area contributed by atoms with Crippen LogP contribution in [0.2, 0.25) is 0 Å². The number of hydrogen-bond donors (Lipinski definition) is 2. The van der Waals surface area contributed by atoms with Crippen LogP contribution in [-0.2, 0) is 16.6 Å². The number of aryl methyl sites for hydroxylation is 1. The second kappa shape index (κ2) is 5.99. The SMILES string of the molecule is CCNCc1scc(C)c1S(=O)(=O)NC(C1CC1)C1CC1. The van der Waals surface area contributed by atoms with Crippen molar-refractivity contribution in [3.05, 3.63) is 15.8 Å². The van der Waals surface area contributed by atoms with E-state index >= 15 is 0 Å². The van der Waals surface area contributed by atoms with Gasteiger partial charge in [-0.2, -0.15) is 0 Å². The van der Waals surface area contributed by atoms with Gasteiger partial charge in [0.1, 0.15) is 4.90 Å². The van der Waals surface area contributed by atoms with Gasteiger partial charge in [0.25, 0.3) is 0 Å². The molecule has 0 saturated heterocycles. The number of rotatable bonds is 8. The molecule has 1 aromatic heterocycles. The lowest BCUT2D eigenvalue weighted by atomic mass is 10.1. The van der Waals surface area contributed by atoms with Gasteiger partial charge in [0.05, 0.1) is 0 Å². The molecule has 2 aliphatic rings. The standard InChI is InChI=1S/C15H24N2O2S2/c1-3-16-8-13-15(10(2)9-20-13)21(18,19)17-14(11-4-5-11)12-6-7-12/h9,11-12,14,16-17H,3-8H2,1-2H3. The van der Waals surface area contributed by atoms with Crippen molar-refractivity contribution in [2.75, 3.05) is 6.54 Å². The lowest BCUT2D eigenvalue weighted by molar-refractivity contribution is 0.471. The number of thiophene rings is 1. The summed E-state index contributed by atoms with van der Waals surface area (Å²) in [6.45, 7) is 5.40. The monoisotopic (exact) mass is 328 g/mol. The molecule has 2 N–H and O–H groups in total. The van der Waals surface area contributed by atoms with E-state index in [0.717, 1.165) is 17.0 Å². The second-order valence-electron chi connectivity index (χ2n) is 6.27. The highest BCUT2D eigenvalue weighted by molar-refractivity contribution is 7.89. The molecule has 4 nitrogen and oxygen atoms in total. The molecular weight excluding hydrogens is 304 g/mol. The molecule has 1 heterocycles. The fraction of sp³-hybridized carbons (Fsp3) is 0.733. The van der Waals surface area contributed by atoms with E-state index < -0.39 is 10.0 Å². The summed E-state index contributed by atoms with van der Waals surface area (Å²) in [6, 6.07) is 0.168. The Morgan fingerprint density at radius 3 is 2.43 bits per heavy atom. The van der Waals surface area contributed by atoms with Crippen LogP contribution < -0.4 is 10.0 Å². The highest BCUT2D eigenvalue weighted by Crippen LogP contribution is 2.45. The molecule has 21 heavy (non-hydrogen) atoms. The Morgan fingerprint density at radius 1 is 1.29 bits per heavy atom. The number of sulfonamides is 1. The molecule has 0 unspecified atom stereocenters. The maximum atomic E-state index is 12.8. The molecule has 3 rings (SSSR count). The topological polar surface area (TPSA) is 58.2 Å². The van der Waals surface area contributed by atoms with Crippen molar-refractivity contribution in [2.24, 2.45) is 11.8 Å². The van der Waals surface area contributed by atoms with Crippen LogP contribution in [0, 0.1) is 18.8 Å². The van der Waals surface area contributed by atoms with E-state index in [2.05, 4.69) is 10.0 Å². The molecule has 118 valence electrons. The van der Waals surface area contributed by atoms with E-state index in [1.807, 2.05) is 19.2 Å². The molecule has 0 atom stereocenters. The molecule has 0 amide bonds. The van der Waals surface area contributed by atoms with Gasteiger partial charge in [-0.05, 0) is 61.9 Å². The van der Waals surface area contributed by atoms with Gasteiger partial charge >= 0.3 is 0 Å². The highest BCUT2D eigenvalue weighted by Gasteiger charge is 2.44. The third-order valence-corrected chi connectivity index (χ3v) is 7.27. The summed E-state index contributed by atoms with van der Waals surface area (Å²) in [5.41, 5.74) is 0.866. The summed E-state index contributed by atoms with van der Waals surface area (Å²) in [5.74, 6) is 1.15. The minimum absolute atomic E-state index is 0.168. The molecule has 2 saturated carbocycles. The Hall–Kier alpha value is -0.430. The molecule has 0 bridgehead atoms. The van der Waals surface area contributed by atoms with Crippen molar-refractivity contribution in [3.8, 4) is 0 Å². The van der Waals surface area contributed by atoms with E-state index in [0.29, 0.717) is 23.3 Å². The lowest BCUT2D eigenvalue weighted by Crippen LogP contribution is -2.38. The van der Waals surface area contributed by atoms with Gasteiger partial charge in [-0.1, -0.05) is 6.92 Å². The van der Waals surface area contributed by atoms with Crippen LogP contribution in [-0.4, -0.2) is 21.0 Å². The third-order valence-electron chi connectivity index (χ3n) is 4.34. The van der Waals surface area contributed by atoms with Crippen molar-refractivity contribution >= 4 is 21.4 Å². The van der Waals surface area contributed by atoms with E-state index in [1.165, 1.54) is 37.0 Å². The fourth-order valence-electron chi connectivity index (χ4n) is 2.93. The van der Waals surface area contributed by atoms with Gasteiger partial charge in [0.2, 0.25) is 10.0 Å². The first-order valence-electron chi connectivity index (χ1n) is 7.83. The first-order valence-corrected chi connectivity index (χ1v) is 10.2. The predicted octanol–water partition coefficient (Wildman–Crippen LogP) is 2.63. The number of nitrogens with one attached hydrogen (secondary N) is 2. The zero-order valence-corrected chi connectivity index (χ0v) is 14.3. The van der Waals surface area contributed by atoms with Crippen LogP contribution in [0.1, 0.15) is 43.0 Å². The molecule has 2 fully saturated rings. The molecule has 0 aromatic carbocycles. The average Bonchev–Trinajstić information content (AvgIpc) is 3.33. The second-order valence-corrected chi connectivity index (χ2v) is 8.89. The van der Waals surface area contributed by atoms with Crippen LogP contribution in [0.5, 0.6) is 0 Å². The highest BCUT2D eigenvalue weighted by atomic mass is 32.2. The summed E-state index contributed by atoms with van der Waals surface area (Å²) >= 11 is 1.54. The zero-order chi connectivity index (χ0) is 15.0. The minimum Gasteiger partial charge on any atom is -0.312 e. The van der Waals surface area contributed by atoms with Crippen molar-refractivity contribution in [3.63, 3.8) is 0 Å². The van der Waals surface area contributed by atoms with E-state index in [9.17, 15) is 8.42 Å². The molecule has 0 aliphatic heterocycles. The smallest absolute Gasteiger partial charge is 0.242 e. The summed E-state index contributed by atoms with van der Waals surface area (Å²) < 4.78 is 28.7. The molecule has 0 spiro atoms. The molecule has 1 aromatic rings. The minimum atomic E-state index is -3.40. The predicted molar refractivity (Wildman–Crippen MR) is 86.0 cm³/mol. The van der Waals surface area contributed by atoms with Gasteiger partial charge in [0.15, 0.2) is 0 Å². The molecule has 6 heteroatoms. The number of hydrogen-bond acceptors (Lipinski definition) is 4. The average molecular weight is 329 g/mol. The van der Waals surface area contributed by atoms with E-state index in [4.69, 9.17) is 0 Å². The first kappa shape index (κ1) is 15.5. The largest absolute Gasteiger partial charge is 0.312 e. The maximum absolute atomic E-state index is 12.8. The van der Waals surface area contributed by atoms with Gasteiger partial charge < -0.3 is 5.32 Å². The van der Waals surface area contributed by atoms with Crippen LogP contribution in [0.15, 0.2) is 10.3 Å². The Morgan fingerprint density at radius 2 is 1.90 bits per heavy atom. The Bertz CT molecular complexity index is 589. The maximum Gasteiger partial charge on any atom is 0.242 e. The molecule has 0 radical (unpaired) electrons.